The fraction of sp³-hybridized carbons (Fsp3) is 0.263. The predicted molar refractivity (Wildman–Crippen MR) is 104 cm³/mol. The standard InChI is InChI=1S/C19H21N5O2S/c1-3-24-18(14-8-10-20-11-9-14)22-23-19(24)27-13-17(25)21-12-15-6-4-5-7-16(15)26-2/h4-11H,3,12-13H2,1-2H3,(H,21,25). The van der Waals surface area contributed by atoms with Crippen LogP contribution in [0.25, 0.3) is 11.4 Å². The van der Waals surface area contributed by atoms with Crippen LogP contribution in [0.5, 0.6) is 5.75 Å². The minimum absolute atomic E-state index is 0.0676. The molecule has 140 valence electrons. The van der Waals surface area contributed by atoms with Crippen molar-refractivity contribution in [2.75, 3.05) is 12.9 Å². The van der Waals surface area contributed by atoms with Gasteiger partial charge in [-0.25, -0.2) is 0 Å². The van der Waals surface area contributed by atoms with Crippen molar-refractivity contribution in [1.82, 2.24) is 25.1 Å². The monoisotopic (exact) mass is 383 g/mol. The van der Waals surface area contributed by atoms with Crippen molar-refractivity contribution in [3.8, 4) is 17.1 Å². The Hall–Kier alpha value is -2.87. The summed E-state index contributed by atoms with van der Waals surface area (Å²) in [7, 11) is 1.62. The topological polar surface area (TPSA) is 81.9 Å². The maximum Gasteiger partial charge on any atom is 0.230 e. The van der Waals surface area contributed by atoms with Gasteiger partial charge in [-0.3, -0.25) is 9.78 Å². The summed E-state index contributed by atoms with van der Waals surface area (Å²) in [6, 6.07) is 11.4. The lowest BCUT2D eigenvalue weighted by Crippen LogP contribution is -2.25. The van der Waals surface area contributed by atoms with E-state index in [2.05, 4.69) is 20.5 Å². The zero-order valence-corrected chi connectivity index (χ0v) is 16.1. The Kier molecular flexibility index (Phi) is 6.43. The van der Waals surface area contributed by atoms with Gasteiger partial charge in [-0.1, -0.05) is 30.0 Å². The van der Waals surface area contributed by atoms with Gasteiger partial charge in [0, 0.05) is 36.6 Å². The second kappa shape index (κ2) is 9.18. The molecule has 0 aliphatic heterocycles. The molecule has 7 nitrogen and oxygen atoms in total. The SMILES string of the molecule is CCn1c(SCC(=O)NCc2ccccc2OC)nnc1-c1ccncc1. The highest BCUT2D eigenvalue weighted by Crippen LogP contribution is 2.23. The molecule has 0 unspecified atom stereocenters. The van der Waals surface area contributed by atoms with Crippen LogP contribution < -0.4 is 10.1 Å². The van der Waals surface area contributed by atoms with E-state index < -0.39 is 0 Å². The third-order valence-electron chi connectivity index (χ3n) is 3.97. The highest BCUT2D eigenvalue weighted by atomic mass is 32.2. The van der Waals surface area contributed by atoms with Crippen molar-refractivity contribution in [3.63, 3.8) is 0 Å². The fourth-order valence-electron chi connectivity index (χ4n) is 2.62. The lowest BCUT2D eigenvalue weighted by Gasteiger charge is -2.10. The zero-order valence-electron chi connectivity index (χ0n) is 15.3. The molecule has 0 aliphatic rings. The van der Waals surface area contributed by atoms with Crippen molar-refractivity contribution in [2.45, 2.75) is 25.2 Å². The first-order valence-corrected chi connectivity index (χ1v) is 9.56. The zero-order chi connectivity index (χ0) is 19.1. The van der Waals surface area contributed by atoms with Gasteiger partial charge in [0.15, 0.2) is 11.0 Å². The number of pyridine rings is 1. The van der Waals surface area contributed by atoms with Crippen molar-refractivity contribution < 1.29 is 9.53 Å². The number of hydrogen-bond acceptors (Lipinski definition) is 6. The second-order valence-corrected chi connectivity index (χ2v) is 6.61. The summed E-state index contributed by atoms with van der Waals surface area (Å²) in [6.07, 6.45) is 3.45. The van der Waals surface area contributed by atoms with E-state index in [4.69, 9.17) is 4.74 Å². The summed E-state index contributed by atoms with van der Waals surface area (Å²) < 4.78 is 7.29. The van der Waals surface area contributed by atoms with Gasteiger partial charge in [-0.2, -0.15) is 0 Å². The average molecular weight is 383 g/mol. The molecule has 0 radical (unpaired) electrons. The molecular weight excluding hydrogens is 362 g/mol. The number of nitrogens with zero attached hydrogens (tertiary/aromatic N) is 4. The van der Waals surface area contributed by atoms with E-state index in [9.17, 15) is 4.79 Å². The number of para-hydroxylation sites is 1. The molecule has 0 spiro atoms. The van der Waals surface area contributed by atoms with Crippen LogP contribution in [-0.2, 0) is 17.9 Å². The smallest absolute Gasteiger partial charge is 0.230 e. The number of amides is 1. The number of thioether (sulfide) groups is 1. The van der Waals surface area contributed by atoms with Gasteiger partial charge in [0.25, 0.3) is 0 Å². The van der Waals surface area contributed by atoms with Crippen LogP contribution in [-0.4, -0.2) is 38.5 Å². The molecule has 27 heavy (non-hydrogen) atoms. The number of benzene rings is 1. The number of ether oxygens (including phenoxy) is 1. The number of carbonyl (C=O) groups excluding carboxylic acids is 1. The summed E-state index contributed by atoms with van der Waals surface area (Å²) in [5.41, 5.74) is 1.89. The van der Waals surface area contributed by atoms with Crippen LogP contribution in [0.15, 0.2) is 53.9 Å². The third-order valence-corrected chi connectivity index (χ3v) is 4.94. The highest BCUT2D eigenvalue weighted by Gasteiger charge is 2.14. The van der Waals surface area contributed by atoms with Gasteiger partial charge >= 0.3 is 0 Å². The van der Waals surface area contributed by atoms with Crippen LogP contribution in [0.4, 0.5) is 0 Å². The number of methoxy groups -OCH3 is 1. The third kappa shape index (κ3) is 4.65. The van der Waals surface area contributed by atoms with Gasteiger partial charge < -0.3 is 14.6 Å². The largest absolute Gasteiger partial charge is 0.496 e. The molecule has 3 rings (SSSR count). The molecule has 0 bridgehead atoms. The molecule has 2 aromatic heterocycles. The minimum Gasteiger partial charge on any atom is -0.496 e. The Morgan fingerprint density at radius 2 is 1.96 bits per heavy atom. The van der Waals surface area contributed by atoms with E-state index in [1.807, 2.05) is 47.9 Å². The molecule has 2 heterocycles. The first kappa shape index (κ1) is 18.9. The number of aromatic nitrogens is 4. The first-order chi connectivity index (χ1) is 13.2. The number of nitrogens with one attached hydrogen (secondary N) is 1. The predicted octanol–water partition coefficient (Wildman–Crippen LogP) is 2.78. The molecule has 0 fully saturated rings. The highest BCUT2D eigenvalue weighted by molar-refractivity contribution is 7.99. The van der Waals surface area contributed by atoms with Gasteiger partial charge in [-0.05, 0) is 25.1 Å². The van der Waals surface area contributed by atoms with E-state index in [1.54, 1.807) is 19.5 Å². The molecule has 0 saturated heterocycles. The Balaban J connectivity index is 1.60. The van der Waals surface area contributed by atoms with Crippen molar-refractivity contribution in [1.29, 1.82) is 0 Å². The van der Waals surface area contributed by atoms with E-state index in [-0.39, 0.29) is 11.7 Å². The quantitative estimate of drug-likeness (QED) is 0.603. The summed E-state index contributed by atoms with van der Waals surface area (Å²) in [5, 5.41) is 12.1. The lowest BCUT2D eigenvalue weighted by atomic mass is 10.2. The number of carbonyl (C=O) groups is 1. The Morgan fingerprint density at radius 1 is 1.19 bits per heavy atom. The summed E-state index contributed by atoms with van der Waals surface area (Å²) in [5.74, 6) is 1.74. The molecule has 1 aromatic carbocycles. The van der Waals surface area contributed by atoms with Gasteiger partial charge in [0.1, 0.15) is 5.75 Å². The fourth-order valence-corrected chi connectivity index (χ4v) is 3.45. The number of rotatable bonds is 8. The van der Waals surface area contributed by atoms with E-state index in [0.717, 1.165) is 34.4 Å². The summed E-state index contributed by atoms with van der Waals surface area (Å²) >= 11 is 1.37. The van der Waals surface area contributed by atoms with Crippen LogP contribution in [0.2, 0.25) is 0 Å². The lowest BCUT2D eigenvalue weighted by molar-refractivity contribution is -0.118. The molecule has 0 atom stereocenters. The van der Waals surface area contributed by atoms with Crippen LogP contribution in [0, 0.1) is 0 Å². The molecule has 3 aromatic rings. The molecular formula is C19H21N5O2S. The summed E-state index contributed by atoms with van der Waals surface area (Å²) in [4.78, 5) is 16.3. The molecule has 1 amide bonds. The van der Waals surface area contributed by atoms with E-state index in [0.29, 0.717) is 6.54 Å². The average Bonchev–Trinajstić information content (AvgIpc) is 3.14. The van der Waals surface area contributed by atoms with Gasteiger partial charge in [0.2, 0.25) is 5.91 Å². The van der Waals surface area contributed by atoms with Crippen LogP contribution in [0.1, 0.15) is 12.5 Å². The van der Waals surface area contributed by atoms with Crippen molar-refractivity contribution in [3.05, 3.63) is 54.4 Å². The van der Waals surface area contributed by atoms with E-state index in [1.165, 1.54) is 11.8 Å². The Morgan fingerprint density at radius 3 is 2.70 bits per heavy atom. The Bertz CT molecular complexity index is 898. The minimum atomic E-state index is -0.0676. The van der Waals surface area contributed by atoms with Crippen molar-refractivity contribution in [2.24, 2.45) is 0 Å². The second-order valence-electron chi connectivity index (χ2n) is 5.66. The van der Waals surface area contributed by atoms with Crippen LogP contribution >= 0.6 is 11.8 Å². The maximum absolute atomic E-state index is 12.2. The number of hydrogen-bond donors (Lipinski definition) is 1. The van der Waals surface area contributed by atoms with E-state index >= 15 is 0 Å². The Labute approximate surface area is 162 Å². The molecule has 0 saturated carbocycles. The summed E-state index contributed by atoms with van der Waals surface area (Å²) in [6.45, 7) is 3.17. The van der Waals surface area contributed by atoms with Gasteiger partial charge in [0.05, 0.1) is 12.9 Å². The maximum atomic E-state index is 12.2. The van der Waals surface area contributed by atoms with Crippen LogP contribution in [0.3, 0.4) is 0 Å². The normalized spacial score (nSPS) is 10.6. The molecule has 8 heteroatoms. The van der Waals surface area contributed by atoms with Gasteiger partial charge in [-0.15, -0.1) is 10.2 Å². The molecule has 1 N–H and O–H groups in total. The van der Waals surface area contributed by atoms with Crippen molar-refractivity contribution >= 4 is 17.7 Å². The molecule has 0 aliphatic carbocycles. The first-order valence-electron chi connectivity index (χ1n) is 8.58.